The van der Waals surface area contributed by atoms with Gasteiger partial charge in [0.2, 0.25) is 0 Å². The van der Waals surface area contributed by atoms with E-state index < -0.39 is 11.7 Å². The van der Waals surface area contributed by atoms with Gasteiger partial charge in [0, 0.05) is 42.4 Å². The quantitative estimate of drug-likeness (QED) is 0.443. The summed E-state index contributed by atoms with van der Waals surface area (Å²) in [5.74, 6) is -0.143. The average molecular weight is 445 g/mol. The number of hydrogen-bond acceptors (Lipinski definition) is 3. The fourth-order valence-electron chi connectivity index (χ4n) is 3.24. The molecule has 31 heavy (non-hydrogen) atoms. The number of rotatable bonds is 3. The molecule has 5 nitrogen and oxygen atoms in total. The number of H-pyrrole nitrogens is 1. The van der Waals surface area contributed by atoms with Crippen molar-refractivity contribution in [2.75, 3.05) is 14.1 Å². The number of nitrogens with one attached hydrogen (secondary N) is 1. The molecule has 0 unspecified atom stereocenters. The fraction of sp³-hybridized carbons (Fsp3) is 0.136. The summed E-state index contributed by atoms with van der Waals surface area (Å²) in [6.45, 7) is 0. The Labute approximate surface area is 180 Å². The highest BCUT2D eigenvalue weighted by atomic mass is 35.5. The second-order valence-corrected chi connectivity index (χ2v) is 7.57. The Morgan fingerprint density at radius 2 is 1.84 bits per heavy atom. The van der Waals surface area contributed by atoms with Crippen LogP contribution in [-0.4, -0.2) is 40.1 Å². The number of nitrogens with zero attached hydrogens (tertiary/aromatic N) is 3. The number of carbonyl (C=O) groups excluding carboxylic acids is 1. The third-order valence-corrected chi connectivity index (χ3v) is 5.14. The van der Waals surface area contributed by atoms with E-state index in [-0.39, 0.29) is 22.2 Å². The van der Waals surface area contributed by atoms with Crippen LogP contribution < -0.4 is 0 Å². The Kier molecular flexibility index (Phi) is 5.18. The maximum Gasteiger partial charge on any atom is 0.416 e. The van der Waals surface area contributed by atoms with E-state index in [1.54, 1.807) is 44.6 Å². The molecule has 2 aromatic carbocycles. The minimum atomic E-state index is -4.51. The highest BCUT2D eigenvalue weighted by Crippen LogP contribution is 2.38. The van der Waals surface area contributed by atoms with Gasteiger partial charge >= 0.3 is 6.18 Å². The molecule has 0 saturated carbocycles. The molecule has 9 heteroatoms. The van der Waals surface area contributed by atoms with Crippen molar-refractivity contribution in [3.8, 4) is 22.4 Å². The van der Waals surface area contributed by atoms with Gasteiger partial charge in [-0.05, 0) is 42.0 Å². The molecule has 0 bridgehead atoms. The van der Waals surface area contributed by atoms with Crippen molar-refractivity contribution in [2.45, 2.75) is 6.18 Å². The number of hydrogen-bond donors (Lipinski definition) is 1. The lowest BCUT2D eigenvalue weighted by Gasteiger charge is -2.11. The molecule has 0 aliphatic heterocycles. The molecule has 0 aliphatic carbocycles. The molecule has 0 fully saturated rings. The molecule has 1 N–H and O–H groups in total. The lowest BCUT2D eigenvalue weighted by molar-refractivity contribution is -0.137. The van der Waals surface area contributed by atoms with Crippen LogP contribution in [0, 0.1) is 0 Å². The first-order valence-corrected chi connectivity index (χ1v) is 9.56. The zero-order valence-corrected chi connectivity index (χ0v) is 17.2. The molecule has 1 amide bonds. The summed E-state index contributed by atoms with van der Waals surface area (Å²) < 4.78 is 39.6. The van der Waals surface area contributed by atoms with Gasteiger partial charge in [0.25, 0.3) is 5.91 Å². The SMILES string of the molecule is CN(C)C(=O)c1cccc(-c2cnc3[nH]nc(-c4cc(C(F)(F)F)ccc4Cl)c3c2)c1. The maximum absolute atomic E-state index is 13.2. The number of fused-ring (bicyclic) bond motifs is 1. The molecular weight excluding hydrogens is 429 g/mol. The minimum Gasteiger partial charge on any atom is -0.345 e. The third kappa shape index (κ3) is 3.98. The van der Waals surface area contributed by atoms with E-state index in [2.05, 4.69) is 15.2 Å². The van der Waals surface area contributed by atoms with E-state index in [1.165, 1.54) is 11.0 Å². The van der Waals surface area contributed by atoms with Crippen LogP contribution in [0.1, 0.15) is 15.9 Å². The molecule has 158 valence electrons. The van der Waals surface area contributed by atoms with Gasteiger partial charge in [-0.15, -0.1) is 0 Å². The normalized spacial score (nSPS) is 11.7. The van der Waals surface area contributed by atoms with Crippen molar-refractivity contribution in [1.29, 1.82) is 0 Å². The number of aromatic amines is 1. The van der Waals surface area contributed by atoms with Crippen LogP contribution in [0.15, 0.2) is 54.7 Å². The maximum atomic E-state index is 13.2. The van der Waals surface area contributed by atoms with Crippen LogP contribution in [-0.2, 0) is 6.18 Å². The van der Waals surface area contributed by atoms with Crippen molar-refractivity contribution in [2.24, 2.45) is 0 Å². The van der Waals surface area contributed by atoms with Gasteiger partial charge in [-0.1, -0.05) is 23.7 Å². The van der Waals surface area contributed by atoms with Gasteiger partial charge in [0.1, 0.15) is 5.69 Å². The first-order valence-electron chi connectivity index (χ1n) is 9.18. The molecule has 4 aromatic rings. The Hall–Kier alpha value is -3.39. The summed E-state index contributed by atoms with van der Waals surface area (Å²) in [7, 11) is 3.33. The van der Waals surface area contributed by atoms with Gasteiger partial charge in [-0.2, -0.15) is 18.3 Å². The second-order valence-electron chi connectivity index (χ2n) is 7.17. The Morgan fingerprint density at radius 3 is 2.55 bits per heavy atom. The van der Waals surface area contributed by atoms with Gasteiger partial charge in [0.05, 0.1) is 10.6 Å². The molecule has 2 heterocycles. The Balaban J connectivity index is 1.84. The summed E-state index contributed by atoms with van der Waals surface area (Å²) in [4.78, 5) is 18.1. The van der Waals surface area contributed by atoms with Crippen LogP contribution in [0.4, 0.5) is 13.2 Å². The third-order valence-electron chi connectivity index (χ3n) is 4.81. The number of pyridine rings is 1. The van der Waals surface area contributed by atoms with Gasteiger partial charge < -0.3 is 4.90 Å². The zero-order valence-electron chi connectivity index (χ0n) is 16.5. The molecular formula is C22H16ClF3N4O. The lowest BCUT2D eigenvalue weighted by atomic mass is 10.0. The first-order chi connectivity index (χ1) is 14.6. The number of carbonyl (C=O) groups is 1. The van der Waals surface area contributed by atoms with Gasteiger partial charge in [-0.25, -0.2) is 4.98 Å². The molecule has 0 radical (unpaired) electrons. The predicted molar refractivity (Wildman–Crippen MR) is 113 cm³/mol. The average Bonchev–Trinajstić information content (AvgIpc) is 3.15. The van der Waals surface area contributed by atoms with Crippen molar-refractivity contribution in [3.63, 3.8) is 0 Å². The van der Waals surface area contributed by atoms with Crippen molar-refractivity contribution >= 4 is 28.5 Å². The van der Waals surface area contributed by atoms with Crippen molar-refractivity contribution < 1.29 is 18.0 Å². The smallest absolute Gasteiger partial charge is 0.345 e. The molecule has 0 spiro atoms. The summed E-state index contributed by atoms with van der Waals surface area (Å²) in [6, 6.07) is 11.9. The van der Waals surface area contributed by atoms with E-state index in [4.69, 9.17) is 11.6 Å². The van der Waals surface area contributed by atoms with Crippen LogP contribution in [0.3, 0.4) is 0 Å². The monoisotopic (exact) mass is 444 g/mol. The van der Waals surface area contributed by atoms with Gasteiger partial charge in [0.15, 0.2) is 5.65 Å². The van der Waals surface area contributed by atoms with E-state index in [0.29, 0.717) is 22.2 Å². The number of halogens is 4. The second kappa shape index (κ2) is 7.70. The summed E-state index contributed by atoms with van der Waals surface area (Å²) in [6.07, 6.45) is -2.90. The number of amides is 1. The Bertz CT molecular complexity index is 1300. The van der Waals surface area contributed by atoms with E-state index >= 15 is 0 Å². The highest BCUT2D eigenvalue weighted by Gasteiger charge is 2.31. The zero-order chi connectivity index (χ0) is 22.3. The summed E-state index contributed by atoms with van der Waals surface area (Å²) in [5.41, 5.74) is 1.95. The summed E-state index contributed by atoms with van der Waals surface area (Å²) in [5, 5.41) is 7.55. The number of alkyl halides is 3. The number of benzene rings is 2. The number of aromatic nitrogens is 3. The fourth-order valence-corrected chi connectivity index (χ4v) is 3.45. The van der Waals surface area contributed by atoms with Crippen molar-refractivity contribution in [3.05, 3.63) is 70.9 Å². The van der Waals surface area contributed by atoms with Gasteiger partial charge in [-0.3, -0.25) is 9.89 Å². The van der Waals surface area contributed by atoms with E-state index in [9.17, 15) is 18.0 Å². The summed E-state index contributed by atoms with van der Waals surface area (Å²) >= 11 is 6.20. The Morgan fingerprint density at radius 1 is 1.06 bits per heavy atom. The topological polar surface area (TPSA) is 61.9 Å². The van der Waals surface area contributed by atoms with Crippen molar-refractivity contribution in [1.82, 2.24) is 20.1 Å². The van der Waals surface area contributed by atoms with E-state index in [0.717, 1.165) is 17.7 Å². The first kappa shape index (κ1) is 20.9. The molecule has 4 rings (SSSR count). The molecule has 0 aliphatic rings. The van der Waals surface area contributed by atoms with Crippen LogP contribution in [0.5, 0.6) is 0 Å². The van der Waals surface area contributed by atoms with Crippen LogP contribution in [0.25, 0.3) is 33.4 Å². The predicted octanol–water partition coefficient (Wildman–Crippen LogP) is 5.67. The molecule has 0 saturated heterocycles. The minimum absolute atomic E-state index is 0.143. The lowest BCUT2D eigenvalue weighted by Crippen LogP contribution is -2.21. The standard InChI is InChI=1S/C22H16ClF3N4O/c1-30(2)21(31)13-5-3-4-12(8-13)14-9-17-19(28-29-20(17)27-11-14)16-10-15(22(24,25)26)6-7-18(16)23/h3-11H,1-2H3,(H,27,28,29). The molecule has 0 atom stereocenters. The highest BCUT2D eigenvalue weighted by molar-refractivity contribution is 6.33. The largest absolute Gasteiger partial charge is 0.416 e. The molecule has 2 aromatic heterocycles. The van der Waals surface area contributed by atoms with Crippen LogP contribution >= 0.6 is 11.6 Å². The van der Waals surface area contributed by atoms with E-state index in [1.807, 2.05) is 6.07 Å². The van der Waals surface area contributed by atoms with Crippen LogP contribution in [0.2, 0.25) is 5.02 Å².